The monoisotopic (exact) mass is 470 g/mol. The second kappa shape index (κ2) is 7.58. The fourth-order valence-corrected chi connectivity index (χ4v) is 11.8. The molecule has 5 aliphatic rings. The number of Topliss-reactive ketones (excluding diaryl/α,β-unsaturated/α-hetero) is 1. The van der Waals surface area contributed by atoms with Crippen LogP contribution in [0, 0.1) is 56.7 Å². The van der Waals surface area contributed by atoms with E-state index in [1.807, 2.05) is 6.92 Å². The van der Waals surface area contributed by atoms with Crippen molar-refractivity contribution in [3.8, 4) is 0 Å². The Morgan fingerprint density at radius 3 is 2.06 bits per heavy atom. The molecule has 0 saturated heterocycles. The van der Waals surface area contributed by atoms with Gasteiger partial charge in [0, 0.05) is 18.3 Å². The predicted octanol–water partition coefficient (Wildman–Crippen LogP) is 7.61. The summed E-state index contributed by atoms with van der Waals surface area (Å²) in [5.74, 6) is 3.21. The number of ether oxygens (including phenoxy) is 1. The minimum absolute atomic E-state index is 0.0219. The smallest absolute Gasteiger partial charge is 0.302 e. The third-order valence-corrected chi connectivity index (χ3v) is 13.6. The van der Waals surface area contributed by atoms with Crippen LogP contribution >= 0.6 is 0 Å². The fourth-order valence-electron chi connectivity index (χ4n) is 11.8. The van der Waals surface area contributed by atoms with Crippen molar-refractivity contribution in [2.45, 2.75) is 126 Å². The first-order valence-corrected chi connectivity index (χ1v) is 14.4. The van der Waals surface area contributed by atoms with Crippen LogP contribution in [-0.4, -0.2) is 17.9 Å². The molecule has 0 unspecified atom stereocenters. The van der Waals surface area contributed by atoms with Crippen molar-refractivity contribution in [1.82, 2.24) is 0 Å². The number of hydrogen-bond acceptors (Lipinski definition) is 3. The largest absolute Gasteiger partial charge is 0.462 e. The molecular formula is C31H50O3. The molecule has 0 aromatic heterocycles. The molecule has 0 bridgehead atoms. The quantitative estimate of drug-likeness (QED) is 0.390. The summed E-state index contributed by atoms with van der Waals surface area (Å²) in [6, 6.07) is 0. The average Bonchev–Trinajstić information content (AvgIpc) is 3.08. The zero-order chi connectivity index (χ0) is 24.9. The van der Waals surface area contributed by atoms with Gasteiger partial charge in [0.1, 0.15) is 11.9 Å². The van der Waals surface area contributed by atoms with Crippen molar-refractivity contribution in [1.29, 1.82) is 0 Å². The van der Waals surface area contributed by atoms with E-state index >= 15 is 0 Å². The van der Waals surface area contributed by atoms with E-state index in [9.17, 15) is 9.59 Å². The van der Waals surface area contributed by atoms with Crippen molar-refractivity contribution in [3.63, 3.8) is 0 Å². The van der Waals surface area contributed by atoms with E-state index in [1.165, 1.54) is 51.4 Å². The van der Waals surface area contributed by atoms with Crippen LogP contribution in [-0.2, 0) is 14.3 Å². The molecule has 5 rings (SSSR count). The second-order valence-electron chi connectivity index (χ2n) is 15.1. The summed E-state index contributed by atoms with van der Waals surface area (Å²) in [6.07, 6.45) is 12.4. The Labute approximate surface area is 208 Å². The SMILES string of the molecule is CC(=O)O[C@H]1CC[C@]2(C)[C@H]3CC[C@@H]4[C@@H]5[C@H](C(C)=O)CC[C@]5(C)CC[C@@]4(C)[C@]3(C)CC[C@H]2C1(C)C. The Hall–Kier alpha value is -0.860. The topological polar surface area (TPSA) is 43.4 Å². The van der Waals surface area contributed by atoms with Crippen LogP contribution < -0.4 is 0 Å². The maximum atomic E-state index is 12.8. The van der Waals surface area contributed by atoms with Gasteiger partial charge in [-0.15, -0.1) is 0 Å². The molecule has 0 radical (unpaired) electrons. The van der Waals surface area contributed by atoms with Gasteiger partial charge in [-0.25, -0.2) is 0 Å². The van der Waals surface area contributed by atoms with Gasteiger partial charge in [-0.1, -0.05) is 41.5 Å². The van der Waals surface area contributed by atoms with Gasteiger partial charge in [0.25, 0.3) is 0 Å². The first-order valence-electron chi connectivity index (χ1n) is 14.4. The minimum atomic E-state index is -0.128. The highest BCUT2D eigenvalue weighted by Gasteiger charge is 2.70. The summed E-state index contributed by atoms with van der Waals surface area (Å²) in [6.45, 7) is 18.6. The van der Waals surface area contributed by atoms with Crippen LogP contribution in [0.2, 0.25) is 0 Å². The number of fused-ring (bicyclic) bond motifs is 7. The highest BCUT2D eigenvalue weighted by atomic mass is 16.5. The second-order valence-corrected chi connectivity index (χ2v) is 15.1. The summed E-state index contributed by atoms with van der Waals surface area (Å²) in [5.41, 5.74) is 1.35. The van der Waals surface area contributed by atoms with Crippen molar-refractivity contribution >= 4 is 11.8 Å². The van der Waals surface area contributed by atoms with Gasteiger partial charge in [-0.05, 0) is 116 Å². The van der Waals surface area contributed by atoms with Crippen LogP contribution in [0.3, 0.4) is 0 Å². The van der Waals surface area contributed by atoms with E-state index in [1.54, 1.807) is 6.92 Å². The van der Waals surface area contributed by atoms with E-state index in [0.29, 0.717) is 51.1 Å². The average molecular weight is 471 g/mol. The molecule has 3 heteroatoms. The van der Waals surface area contributed by atoms with Crippen molar-refractivity contribution < 1.29 is 14.3 Å². The summed E-state index contributed by atoms with van der Waals surface area (Å²) in [5, 5.41) is 0. The highest BCUT2D eigenvalue weighted by molar-refractivity contribution is 5.79. The number of hydrogen-bond donors (Lipinski definition) is 0. The molecule has 5 fully saturated rings. The van der Waals surface area contributed by atoms with Crippen LogP contribution in [0.4, 0.5) is 0 Å². The zero-order valence-electron chi connectivity index (χ0n) is 23.3. The van der Waals surface area contributed by atoms with Gasteiger partial charge in [-0.3, -0.25) is 9.59 Å². The first-order chi connectivity index (χ1) is 15.7. The van der Waals surface area contributed by atoms with E-state index < -0.39 is 0 Å². The van der Waals surface area contributed by atoms with Gasteiger partial charge in [0.2, 0.25) is 0 Å². The third kappa shape index (κ3) is 3.06. The molecule has 10 atom stereocenters. The molecule has 0 aliphatic heterocycles. The molecule has 0 heterocycles. The zero-order valence-corrected chi connectivity index (χ0v) is 23.3. The molecule has 3 nitrogen and oxygen atoms in total. The van der Waals surface area contributed by atoms with Crippen LogP contribution in [0.5, 0.6) is 0 Å². The van der Waals surface area contributed by atoms with Gasteiger partial charge < -0.3 is 4.74 Å². The number of carbonyl (C=O) groups excluding carboxylic acids is 2. The Bertz CT molecular complexity index is 876. The van der Waals surface area contributed by atoms with Crippen LogP contribution in [0.25, 0.3) is 0 Å². The molecular weight excluding hydrogens is 420 g/mol. The highest BCUT2D eigenvalue weighted by Crippen LogP contribution is 2.77. The van der Waals surface area contributed by atoms with E-state index in [0.717, 1.165) is 18.8 Å². The number of carbonyl (C=O) groups is 2. The van der Waals surface area contributed by atoms with Crippen LogP contribution in [0.1, 0.15) is 120 Å². The molecule has 0 spiro atoms. The fraction of sp³-hybridized carbons (Fsp3) is 0.935. The molecule has 0 amide bonds. The van der Waals surface area contributed by atoms with Gasteiger partial charge >= 0.3 is 5.97 Å². The lowest BCUT2D eigenvalue weighted by Crippen LogP contribution is -2.66. The maximum absolute atomic E-state index is 12.8. The Balaban J connectivity index is 1.50. The molecule has 192 valence electrons. The predicted molar refractivity (Wildman–Crippen MR) is 136 cm³/mol. The normalized spacial score (nSPS) is 53.6. The number of ketones is 1. The molecule has 5 saturated carbocycles. The van der Waals surface area contributed by atoms with Crippen molar-refractivity contribution in [2.75, 3.05) is 0 Å². The Morgan fingerprint density at radius 1 is 0.706 bits per heavy atom. The third-order valence-electron chi connectivity index (χ3n) is 13.6. The summed E-state index contributed by atoms with van der Waals surface area (Å²) >= 11 is 0. The minimum Gasteiger partial charge on any atom is -0.462 e. The molecule has 0 aromatic carbocycles. The maximum Gasteiger partial charge on any atom is 0.302 e. The molecule has 34 heavy (non-hydrogen) atoms. The first kappa shape index (κ1) is 24.8. The van der Waals surface area contributed by atoms with Crippen LogP contribution in [0.15, 0.2) is 0 Å². The lowest BCUT2D eigenvalue weighted by atomic mass is 9.32. The summed E-state index contributed by atoms with van der Waals surface area (Å²) < 4.78 is 5.89. The number of esters is 1. The number of rotatable bonds is 2. The molecule has 0 aromatic rings. The Morgan fingerprint density at radius 2 is 1.41 bits per heavy atom. The lowest BCUT2D eigenvalue weighted by molar-refractivity contribution is -0.249. The lowest BCUT2D eigenvalue weighted by Gasteiger charge is -2.72. The van der Waals surface area contributed by atoms with Gasteiger partial charge in [0.05, 0.1) is 0 Å². The van der Waals surface area contributed by atoms with Crippen molar-refractivity contribution in [2.24, 2.45) is 56.7 Å². The summed E-state index contributed by atoms with van der Waals surface area (Å²) in [4.78, 5) is 24.6. The van der Waals surface area contributed by atoms with E-state index in [2.05, 4.69) is 41.5 Å². The van der Waals surface area contributed by atoms with E-state index in [4.69, 9.17) is 4.74 Å². The van der Waals surface area contributed by atoms with Gasteiger partial charge in [-0.2, -0.15) is 0 Å². The molecule has 0 N–H and O–H groups in total. The van der Waals surface area contributed by atoms with Gasteiger partial charge in [0.15, 0.2) is 0 Å². The molecule has 5 aliphatic carbocycles. The Kier molecular flexibility index (Phi) is 5.53. The standard InChI is InChI=1S/C31H50O3/c1-19(32)21-11-14-28(5)17-18-30(7)22(26(21)28)9-10-24-29(6)15-13-25(34-20(2)33)27(3,4)23(29)12-16-31(24,30)8/h21-26H,9-18H2,1-8H3/t21-,22+,23-,24+,25-,26-,28+,29-,30+,31+/m0/s1. The van der Waals surface area contributed by atoms with E-state index in [-0.39, 0.29) is 17.5 Å². The summed E-state index contributed by atoms with van der Waals surface area (Å²) in [7, 11) is 0. The van der Waals surface area contributed by atoms with Crippen molar-refractivity contribution in [3.05, 3.63) is 0 Å².